The Morgan fingerprint density at radius 2 is 0.754 bits per heavy atom. The number of nitrogens with zero attached hydrogens (tertiary/aromatic N) is 15. The molecule has 0 unspecified atom stereocenters. The lowest BCUT2D eigenvalue weighted by molar-refractivity contribution is 0.347. The smallest absolute Gasteiger partial charge is 0.252 e. The summed E-state index contributed by atoms with van der Waals surface area (Å²) in [5.74, 6) is 3.31. The molecule has 0 amide bonds. The van der Waals surface area contributed by atoms with E-state index in [4.69, 9.17) is 4.74 Å². The van der Waals surface area contributed by atoms with Crippen molar-refractivity contribution < 1.29 is 42.8 Å². The molecule has 14 heterocycles. The van der Waals surface area contributed by atoms with E-state index in [2.05, 4.69) is 71.2 Å². The van der Waals surface area contributed by atoms with Crippen molar-refractivity contribution in [2.24, 2.45) is 7.05 Å². The van der Waals surface area contributed by atoms with Crippen molar-refractivity contribution in [3.63, 3.8) is 0 Å². The van der Waals surface area contributed by atoms with Gasteiger partial charge < -0.3 is 26.0 Å². The van der Waals surface area contributed by atoms with Crippen molar-refractivity contribution in [2.45, 2.75) is 115 Å². The number of hydrogen-bond acceptors (Lipinski definition) is 27. The van der Waals surface area contributed by atoms with Crippen LogP contribution in [-0.2, 0) is 47.1 Å². The van der Waals surface area contributed by atoms with E-state index >= 15 is 0 Å². The molecular weight excluding hydrogens is 1610 g/mol. The maximum atomic E-state index is 14.0. The summed E-state index contributed by atoms with van der Waals surface area (Å²) < 4.78 is 132. The fraction of sp³-hybridized carbons (Fsp3) is 0.325. The van der Waals surface area contributed by atoms with Crippen LogP contribution in [0.3, 0.4) is 0 Å². The fourth-order valence-corrected chi connectivity index (χ4v) is 24.6. The summed E-state index contributed by atoms with van der Waals surface area (Å²) in [5.41, 5.74) is 6.46. The van der Waals surface area contributed by atoms with Gasteiger partial charge in [0.2, 0.25) is 23.8 Å². The topological polar surface area (TPSA) is 341 Å². The molecule has 4 aliphatic heterocycles. The van der Waals surface area contributed by atoms with Crippen LogP contribution in [0.15, 0.2) is 181 Å². The Morgan fingerprint density at radius 1 is 0.386 bits per heavy atom. The molecule has 37 heteroatoms. The molecule has 0 bridgehead atoms. The molecular formula is C77H86FN19O9S8. The standard InChI is InChI=1S/C20H21FN4O2S2.C20H22N4O3S2.C19H21N5O2S2.C18H22N6O2S2/c1-14-5-6-15(21)17(13-14)24-20-22-10-9-16(23-20)18-7-8-19(28-18)29(26,27)25-11-3-2-4-12-25;1-27-17-8-4-3-7-15(17)22-20-21-12-11-16(23-20)18-9-10-19(28-18)29(25,26)24-13-5-2-6-14-24;1-14-6-5-10-20-18(14)23-19-21-11-9-15(22-19)16-7-8-17(27-16)28(25,26)24-12-3-2-4-13-24;1-13-12-16(23(2)22-13)21-18-19-9-8-14(20-18)15-6-7-17(27-15)28(25,26)24-10-4-3-5-11-24/h5-10,13H,2-4,11-12H2,1H3,(H,22,23,24);3-4,7-12H,2,5-6,13-14H2,1H3,(H,21,22,23);5-11H,2-4,12-13H2,1H3,(H,20,21,22,23);6-9,12H,3-5,10-11H2,1-2H3,(H,19,20,21). The number of thiophene rings is 4. The average molecular weight is 1700 g/mol. The van der Waals surface area contributed by atoms with Gasteiger partial charge in [-0.05, 0) is 186 Å². The molecule has 4 saturated heterocycles. The van der Waals surface area contributed by atoms with Crippen LogP contribution < -0.4 is 26.0 Å². The van der Waals surface area contributed by atoms with E-state index < -0.39 is 45.9 Å². The highest BCUT2D eigenvalue weighted by Crippen LogP contribution is 2.39. The van der Waals surface area contributed by atoms with E-state index in [0.717, 1.165) is 125 Å². The molecule has 0 aliphatic carbocycles. The molecule has 0 spiro atoms. The number of rotatable bonds is 21. The Hall–Kier alpha value is -9.51. The SMILES string of the molecule is COc1ccccc1Nc1nccc(-c2ccc(S(=O)(=O)N3CCCCC3)s2)n1.Cc1cc(Nc2nccc(-c3ccc(S(=O)(=O)N4CCCCC4)s3)n2)n(C)n1.Cc1ccc(F)c(Nc2nccc(-c3ccc(S(=O)(=O)N4CCCCC4)s3)n2)c1.Cc1cccnc1Nc1nccc(-c2ccc(S(=O)(=O)N3CCCCC3)s2)n1. The largest absolute Gasteiger partial charge is 0.495 e. The third kappa shape index (κ3) is 20.4. The first-order valence-corrected chi connectivity index (χ1v) is 46.1. The lowest BCUT2D eigenvalue weighted by Gasteiger charge is -2.25. The lowest BCUT2D eigenvalue weighted by atomic mass is 10.2. The van der Waals surface area contributed by atoms with Crippen LogP contribution in [0.1, 0.15) is 93.9 Å². The number of aromatic nitrogens is 11. The summed E-state index contributed by atoms with van der Waals surface area (Å²) in [7, 11) is -10.3. The summed E-state index contributed by atoms with van der Waals surface area (Å²) in [6.45, 7) is 10.5. The second-order valence-corrected chi connectivity index (χ2v) is 40.0. The third-order valence-electron chi connectivity index (χ3n) is 18.8. The van der Waals surface area contributed by atoms with Crippen molar-refractivity contribution in [1.82, 2.24) is 71.9 Å². The minimum Gasteiger partial charge on any atom is -0.495 e. The predicted octanol–water partition coefficient (Wildman–Crippen LogP) is 15.7. The maximum Gasteiger partial charge on any atom is 0.252 e. The number of aryl methyl sites for hydroxylation is 4. The maximum absolute atomic E-state index is 14.0. The van der Waals surface area contributed by atoms with E-state index in [0.29, 0.717) is 127 Å². The minimum absolute atomic E-state index is 0.251. The van der Waals surface area contributed by atoms with Crippen LogP contribution in [0.2, 0.25) is 0 Å². The van der Waals surface area contributed by atoms with Crippen LogP contribution in [0, 0.1) is 26.6 Å². The molecule has 2 aromatic carbocycles. The second kappa shape index (κ2) is 37.4. The quantitative estimate of drug-likeness (QED) is 0.0519. The van der Waals surface area contributed by atoms with Gasteiger partial charge in [0, 0.05) is 96.5 Å². The van der Waals surface area contributed by atoms with E-state index in [1.54, 1.807) is 139 Å². The number of anilines is 8. The zero-order chi connectivity index (χ0) is 80.0. The van der Waals surface area contributed by atoms with Crippen molar-refractivity contribution in [3.8, 4) is 48.0 Å². The number of halogens is 1. The monoisotopic (exact) mass is 1700 g/mol. The first-order chi connectivity index (χ1) is 55.0. The number of ether oxygens (including phenoxy) is 1. The minimum atomic E-state index is -3.48. The molecule has 12 aromatic rings. The number of sulfonamides is 4. The zero-order valence-corrected chi connectivity index (χ0v) is 69.8. The first kappa shape index (κ1) is 82.5. The Balaban J connectivity index is 0.000000133. The second-order valence-electron chi connectivity index (χ2n) is 27.0. The highest BCUT2D eigenvalue weighted by atomic mass is 32.3. The molecule has 4 fully saturated rings. The van der Waals surface area contributed by atoms with Gasteiger partial charge in [-0.3, -0.25) is 4.68 Å². The molecule has 16 rings (SSSR count). The number of methoxy groups -OCH3 is 1. The molecule has 4 aliphatic rings. The van der Waals surface area contributed by atoms with Crippen molar-refractivity contribution in [3.05, 3.63) is 187 Å². The molecule has 4 N–H and O–H groups in total. The van der Waals surface area contributed by atoms with Gasteiger partial charge in [0.1, 0.15) is 40.0 Å². The van der Waals surface area contributed by atoms with Gasteiger partial charge in [0.15, 0.2) is 0 Å². The number of nitrogens with one attached hydrogen (secondary N) is 4. The van der Waals surface area contributed by atoms with E-state index in [1.165, 1.54) is 51.4 Å². The van der Waals surface area contributed by atoms with Gasteiger partial charge in [-0.2, -0.15) is 22.3 Å². The summed E-state index contributed by atoms with van der Waals surface area (Å²) in [4.78, 5) is 42.3. The molecule has 598 valence electrons. The van der Waals surface area contributed by atoms with Crippen LogP contribution in [0.25, 0.3) is 42.3 Å². The zero-order valence-electron chi connectivity index (χ0n) is 63.3. The van der Waals surface area contributed by atoms with Crippen molar-refractivity contribution in [1.29, 1.82) is 0 Å². The fourth-order valence-electron chi connectivity index (χ4n) is 12.8. The van der Waals surface area contributed by atoms with Crippen molar-refractivity contribution >= 4 is 132 Å². The van der Waals surface area contributed by atoms with Gasteiger partial charge in [-0.1, -0.05) is 49.9 Å². The summed E-state index contributed by atoms with van der Waals surface area (Å²) in [5, 5.41) is 16.6. The summed E-state index contributed by atoms with van der Waals surface area (Å²) in [6.07, 6.45) is 19.9. The van der Waals surface area contributed by atoms with Crippen LogP contribution in [0.5, 0.6) is 5.75 Å². The van der Waals surface area contributed by atoms with Gasteiger partial charge in [0.05, 0.1) is 66.5 Å². The van der Waals surface area contributed by atoms with Gasteiger partial charge in [-0.15, -0.1) is 45.3 Å². The Bertz CT molecular complexity index is 5780. The molecule has 28 nitrogen and oxygen atoms in total. The molecule has 0 atom stereocenters. The van der Waals surface area contributed by atoms with E-state index in [-0.39, 0.29) is 5.95 Å². The first-order valence-electron chi connectivity index (χ1n) is 37.1. The Kier molecular flexibility index (Phi) is 27.1. The molecule has 0 radical (unpaired) electrons. The van der Waals surface area contributed by atoms with Gasteiger partial charge in [-0.25, -0.2) is 82.9 Å². The van der Waals surface area contributed by atoms with E-state index in [9.17, 15) is 38.1 Å². The van der Waals surface area contributed by atoms with Crippen LogP contribution in [0.4, 0.5) is 51.2 Å². The van der Waals surface area contributed by atoms with E-state index in [1.807, 2.05) is 76.3 Å². The number of pyridine rings is 1. The third-order valence-corrected chi connectivity index (χ3v) is 32.7. The van der Waals surface area contributed by atoms with Gasteiger partial charge in [0.25, 0.3) is 40.1 Å². The Morgan fingerprint density at radius 3 is 1.12 bits per heavy atom. The number of benzene rings is 2. The Labute approximate surface area is 679 Å². The summed E-state index contributed by atoms with van der Waals surface area (Å²) >= 11 is 4.91. The van der Waals surface area contributed by atoms with Crippen LogP contribution in [-0.4, -0.2) is 165 Å². The highest BCUT2D eigenvalue weighted by Gasteiger charge is 2.32. The van der Waals surface area contributed by atoms with Crippen molar-refractivity contribution in [2.75, 3.05) is 80.7 Å². The molecule has 114 heavy (non-hydrogen) atoms. The normalized spacial score (nSPS) is 15.4. The van der Waals surface area contributed by atoms with Gasteiger partial charge >= 0.3 is 0 Å². The summed E-state index contributed by atoms with van der Waals surface area (Å²) in [6, 6.07) is 38.8. The highest BCUT2D eigenvalue weighted by molar-refractivity contribution is 7.92. The lowest BCUT2D eigenvalue weighted by Crippen LogP contribution is -2.35. The predicted molar refractivity (Wildman–Crippen MR) is 446 cm³/mol. The number of piperidine rings is 4. The molecule has 0 saturated carbocycles. The average Bonchev–Trinajstić information content (AvgIpc) is 1.64. The van der Waals surface area contributed by atoms with Crippen LogP contribution >= 0.6 is 45.3 Å². The number of hydrogen-bond donors (Lipinski definition) is 4. The molecule has 10 aromatic heterocycles. The number of para-hydroxylation sites is 2.